The van der Waals surface area contributed by atoms with Crippen molar-refractivity contribution in [2.24, 2.45) is 0 Å². The number of aryl methyl sites for hydroxylation is 1. The summed E-state index contributed by atoms with van der Waals surface area (Å²) in [4.78, 5) is 10.7. The topological polar surface area (TPSA) is 55.1 Å². The summed E-state index contributed by atoms with van der Waals surface area (Å²) in [5.41, 5.74) is 2.03. The van der Waals surface area contributed by atoms with Gasteiger partial charge in [0.05, 0.1) is 12.1 Å². The molecular weight excluding hydrogens is 320 g/mol. The lowest BCUT2D eigenvalue weighted by Crippen LogP contribution is -2.17. The molecule has 0 spiro atoms. The molecule has 6 heteroatoms. The molecule has 0 fully saturated rings. The zero-order valence-electron chi connectivity index (χ0n) is 11.2. The van der Waals surface area contributed by atoms with Crippen molar-refractivity contribution < 1.29 is 4.52 Å². The minimum Gasteiger partial charge on any atom is -0.366 e. The highest BCUT2D eigenvalue weighted by Crippen LogP contribution is 2.29. The van der Waals surface area contributed by atoms with E-state index in [1.807, 2.05) is 25.2 Å². The number of anilines is 1. The van der Waals surface area contributed by atoms with Gasteiger partial charge in [-0.3, -0.25) is 4.98 Å². The molecule has 2 aromatic heterocycles. The minimum absolute atomic E-state index is 0.579. The first-order chi connectivity index (χ1) is 9.65. The first kappa shape index (κ1) is 13.1. The van der Waals surface area contributed by atoms with Gasteiger partial charge >= 0.3 is 0 Å². The Morgan fingerprint density at radius 3 is 2.90 bits per heavy atom. The highest BCUT2D eigenvalue weighted by atomic mass is 79.9. The molecule has 20 heavy (non-hydrogen) atoms. The van der Waals surface area contributed by atoms with Crippen molar-refractivity contribution in [2.75, 3.05) is 11.9 Å². The third kappa shape index (κ3) is 2.38. The molecule has 0 saturated carbocycles. The predicted molar refractivity (Wildman–Crippen MR) is 80.6 cm³/mol. The maximum absolute atomic E-state index is 5.00. The Balaban J connectivity index is 1.99. The SMILES string of the molecule is Cc1nc(CN(C)c2ccnc3c(Br)cccc23)no1. The van der Waals surface area contributed by atoms with Gasteiger partial charge in [0.2, 0.25) is 5.89 Å². The molecule has 0 aliphatic rings. The number of rotatable bonds is 3. The fourth-order valence-corrected chi connectivity index (χ4v) is 2.63. The van der Waals surface area contributed by atoms with E-state index in [1.54, 1.807) is 13.1 Å². The van der Waals surface area contributed by atoms with Gasteiger partial charge in [0.1, 0.15) is 0 Å². The van der Waals surface area contributed by atoms with Crippen LogP contribution in [0.1, 0.15) is 11.7 Å². The molecule has 0 aliphatic heterocycles. The summed E-state index contributed by atoms with van der Waals surface area (Å²) in [6, 6.07) is 8.04. The first-order valence-corrected chi connectivity index (χ1v) is 6.98. The molecule has 0 amide bonds. The summed E-state index contributed by atoms with van der Waals surface area (Å²) in [5.74, 6) is 1.25. The van der Waals surface area contributed by atoms with E-state index in [0.717, 1.165) is 21.1 Å². The maximum atomic E-state index is 5.00. The van der Waals surface area contributed by atoms with Crippen molar-refractivity contribution in [3.63, 3.8) is 0 Å². The van der Waals surface area contributed by atoms with Crippen molar-refractivity contribution in [3.8, 4) is 0 Å². The van der Waals surface area contributed by atoms with Crippen LogP contribution in [0.5, 0.6) is 0 Å². The number of para-hydroxylation sites is 1. The quantitative estimate of drug-likeness (QED) is 0.736. The molecule has 3 rings (SSSR count). The zero-order valence-corrected chi connectivity index (χ0v) is 12.8. The van der Waals surface area contributed by atoms with E-state index in [4.69, 9.17) is 4.52 Å². The Kier molecular flexibility index (Phi) is 3.40. The number of benzene rings is 1. The molecule has 3 aromatic rings. The number of nitrogens with zero attached hydrogens (tertiary/aromatic N) is 4. The summed E-state index contributed by atoms with van der Waals surface area (Å²) in [6.07, 6.45) is 1.81. The Hall–Kier alpha value is -1.95. The van der Waals surface area contributed by atoms with Gasteiger partial charge in [-0.1, -0.05) is 17.3 Å². The van der Waals surface area contributed by atoms with E-state index in [0.29, 0.717) is 18.3 Å². The number of fused-ring (bicyclic) bond motifs is 1. The Bertz CT molecular complexity index is 756. The van der Waals surface area contributed by atoms with Crippen LogP contribution in [-0.4, -0.2) is 22.2 Å². The number of hydrogen-bond acceptors (Lipinski definition) is 5. The number of pyridine rings is 1. The van der Waals surface area contributed by atoms with Gasteiger partial charge in [0.25, 0.3) is 0 Å². The van der Waals surface area contributed by atoms with Gasteiger partial charge in [-0.25, -0.2) is 0 Å². The van der Waals surface area contributed by atoms with E-state index < -0.39 is 0 Å². The summed E-state index contributed by atoms with van der Waals surface area (Å²) < 4.78 is 5.99. The lowest BCUT2D eigenvalue weighted by atomic mass is 10.2. The van der Waals surface area contributed by atoms with Crippen LogP contribution in [0.3, 0.4) is 0 Å². The average molecular weight is 333 g/mol. The van der Waals surface area contributed by atoms with Crippen molar-refractivity contribution in [1.82, 2.24) is 15.1 Å². The summed E-state index contributed by atoms with van der Waals surface area (Å²) in [7, 11) is 2.00. The zero-order chi connectivity index (χ0) is 14.1. The first-order valence-electron chi connectivity index (χ1n) is 6.18. The third-order valence-electron chi connectivity index (χ3n) is 3.06. The van der Waals surface area contributed by atoms with Crippen molar-refractivity contribution in [3.05, 3.63) is 46.7 Å². The molecule has 2 heterocycles. The number of aromatic nitrogens is 3. The van der Waals surface area contributed by atoms with Crippen LogP contribution in [-0.2, 0) is 6.54 Å². The Labute approximate surface area is 124 Å². The fraction of sp³-hybridized carbons (Fsp3) is 0.214. The van der Waals surface area contributed by atoms with Gasteiger partial charge in [-0.05, 0) is 28.1 Å². The lowest BCUT2D eigenvalue weighted by molar-refractivity contribution is 0.387. The van der Waals surface area contributed by atoms with Crippen LogP contribution in [0, 0.1) is 6.92 Å². The number of halogens is 1. The van der Waals surface area contributed by atoms with Gasteiger partial charge in [-0.2, -0.15) is 4.98 Å². The Morgan fingerprint density at radius 2 is 2.15 bits per heavy atom. The molecule has 1 aromatic carbocycles. The molecule has 102 valence electrons. The van der Waals surface area contributed by atoms with E-state index in [2.05, 4.69) is 42.0 Å². The highest BCUT2D eigenvalue weighted by Gasteiger charge is 2.11. The standard InChI is InChI=1S/C14H13BrN4O/c1-9-17-13(18-20-9)8-19(2)12-6-7-16-14-10(12)4-3-5-11(14)15/h3-7H,8H2,1-2H3. The molecule has 0 saturated heterocycles. The monoisotopic (exact) mass is 332 g/mol. The van der Waals surface area contributed by atoms with Crippen LogP contribution in [0.4, 0.5) is 5.69 Å². The third-order valence-corrected chi connectivity index (χ3v) is 3.70. The summed E-state index contributed by atoms with van der Waals surface area (Å²) >= 11 is 3.53. The second-order valence-electron chi connectivity index (χ2n) is 4.55. The lowest BCUT2D eigenvalue weighted by Gasteiger charge is -2.19. The van der Waals surface area contributed by atoms with Crippen LogP contribution < -0.4 is 4.90 Å². The van der Waals surface area contributed by atoms with Gasteiger partial charge in [-0.15, -0.1) is 0 Å². The molecular formula is C14H13BrN4O. The van der Waals surface area contributed by atoms with Crippen LogP contribution in [0.2, 0.25) is 0 Å². The van der Waals surface area contributed by atoms with Gasteiger partial charge < -0.3 is 9.42 Å². The van der Waals surface area contributed by atoms with E-state index in [-0.39, 0.29) is 0 Å². The number of hydrogen-bond donors (Lipinski definition) is 0. The smallest absolute Gasteiger partial charge is 0.223 e. The van der Waals surface area contributed by atoms with Crippen molar-refractivity contribution >= 4 is 32.5 Å². The molecule has 5 nitrogen and oxygen atoms in total. The van der Waals surface area contributed by atoms with Crippen molar-refractivity contribution in [2.45, 2.75) is 13.5 Å². The van der Waals surface area contributed by atoms with Crippen LogP contribution >= 0.6 is 15.9 Å². The highest BCUT2D eigenvalue weighted by molar-refractivity contribution is 9.10. The largest absolute Gasteiger partial charge is 0.366 e. The summed E-state index contributed by atoms with van der Waals surface area (Å²) in [5, 5.41) is 5.01. The maximum Gasteiger partial charge on any atom is 0.223 e. The van der Waals surface area contributed by atoms with Crippen LogP contribution in [0.25, 0.3) is 10.9 Å². The molecule has 0 aliphatic carbocycles. The predicted octanol–water partition coefficient (Wildman–Crippen LogP) is 3.33. The van der Waals surface area contributed by atoms with E-state index >= 15 is 0 Å². The van der Waals surface area contributed by atoms with Gasteiger partial charge in [0.15, 0.2) is 5.82 Å². The minimum atomic E-state index is 0.579. The van der Waals surface area contributed by atoms with Crippen molar-refractivity contribution in [1.29, 1.82) is 0 Å². The average Bonchev–Trinajstić information content (AvgIpc) is 2.84. The molecule has 0 unspecified atom stereocenters. The molecule has 0 bridgehead atoms. The second kappa shape index (κ2) is 5.20. The fourth-order valence-electron chi connectivity index (χ4n) is 2.16. The molecule has 0 atom stereocenters. The van der Waals surface area contributed by atoms with Gasteiger partial charge in [0, 0.05) is 35.7 Å². The normalized spacial score (nSPS) is 10.9. The van der Waals surface area contributed by atoms with E-state index in [9.17, 15) is 0 Å². The summed E-state index contributed by atoms with van der Waals surface area (Å²) in [6.45, 7) is 2.37. The van der Waals surface area contributed by atoms with E-state index in [1.165, 1.54) is 0 Å². The molecule has 0 radical (unpaired) electrons. The molecule has 0 N–H and O–H groups in total. The van der Waals surface area contributed by atoms with Crippen LogP contribution in [0.15, 0.2) is 39.5 Å². The Morgan fingerprint density at radius 1 is 1.30 bits per heavy atom. The second-order valence-corrected chi connectivity index (χ2v) is 5.41.